The van der Waals surface area contributed by atoms with Crippen LogP contribution in [-0.4, -0.2) is 22.9 Å². The van der Waals surface area contributed by atoms with E-state index >= 15 is 0 Å². The van der Waals surface area contributed by atoms with Gasteiger partial charge in [-0.25, -0.2) is 0 Å². The summed E-state index contributed by atoms with van der Waals surface area (Å²) in [5, 5.41) is 11.6. The average Bonchev–Trinajstić information content (AvgIpc) is 2.72. The highest BCUT2D eigenvalue weighted by Gasteiger charge is 2.53. The molecule has 1 N–H and O–H groups in total. The van der Waals surface area contributed by atoms with E-state index in [2.05, 4.69) is 27.7 Å². The lowest BCUT2D eigenvalue weighted by atomic mass is 9.55. The minimum atomic E-state index is -0.482. The first-order chi connectivity index (χ1) is 9.64. The van der Waals surface area contributed by atoms with Gasteiger partial charge < -0.3 is 9.84 Å². The lowest BCUT2D eigenvalue weighted by molar-refractivity contribution is -0.177. The SMILES string of the molecule is CC1(C)CC(C)(C)CC(O)(C2CCOC3(CCCC3)C2)C1. The van der Waals surface area contributed by atoms with Crippen molar-refractivity contribution in [1.29, 1.82) is 0 Å². The van der Waals surface area contributed by atoms with Gasteiger partial charge in [-0.2, -0.15) is 0 Å². The van der Waals surface area contributed by atoms with Crippen molar-refractivity contribution in [2.75, 3.05) is 6.61 Å². The quantitative estimate of drug-likeness (QED) is 0.760. The normalized spacial score (nSPS) is 36.7. The highest BCUT2D eigenvalue weighted by atomic mass is 16.5. The van der Waals surface area contributed by atoms with E-state index < -0.39 is 5.60 Å². The maximum absolute atomic E-state index is 11.6. The Bertz CT molecular complexity index is 374. The minimum absolute atomic E-state index is 0.115. The average molecular weight is 294 g/mol. The lowest BCUT2D eigenvalue weighted by Crippen LogP contribution is -2.54. The summed E-state index contributed by atoms with van der Waals surface area (Å²) in [6.45, 7) is 10.2. The molecule has 0 bridgehead atoms. The topological polar surface area (TPSA) is 29.5 Å². The van der Waals surface area contributed by atoms with Gasteiger partial charge in [-0.15, -0.1) is 0 Å². The van der Waals surface area contributed by atoms with Crippen molar-refractivity contribution in [3.8, 4) is 0 Å². The van der Waals surface area contributed by atoms with Crippen LogP contribution in [0, 0.1) is 16.7 Å². The maximum atomic E-state index is 11.6. The highest BCUT2D eigenvalue weighted by Crippen LogP contribution is 2.56. The fourth-order valence-electron chi connectivity index (χ4n) is 6.28. The van der Waals surface area contributed by atoms with Gasteiger partial charge in [0.25, 0.3) is 0 Å². The zero-order valence-electron chi connectivity index (χ0n) is 14.5. The van der Waals surface area contributed by atoms with Gasteiger partial charge in [-0.3, -0.25) is 0 Å². The fourth-order valence-corrected chi connectivity index (χ4v) is 6.28. The number of hydrogen-bond donors (Lipinski definition) is 1. The summed E-state index contributed by atoms with van der Waals surface area (Å²) < 4.78 is 6.19. The Morgan fingerprint density at radius 2 is 1.48 bits per heavy atom. The Hall–Kier alpha value is -0.0800. The zero-order valence-corrected chi connectivity index (χ0v) is 14.5. The fraction of sp³-hybridized carbons (Fsp3) is 1.00. The van der Waals surface area contributed by atoms with Crippen LogP contribution in [0.4, 0.5) is 0 Å². The molecule has 21 heavy (non-hydrogen) atoms. The molecule has 1 saturated heterocycles. The molecule has 122 valence electrons. The predicted molar refractivity (Wildman–Crippen MR) is 86.2 cm³/mol. The van der Waals surface area contributed by atoms with E-state index in [4.69, 9.17) is 4.74 Å². The minimum Gasteiger partial charge on any atom is -0.390 e. The van der Waals surface area contributed by atoms with Gasteiger partial charge >= 0.3 is 0 Å². The number of ether oxygens (including phenoxy) is 1. The third-order valence-corrected chi connectivity index (χ3v) is 6.29. The van der Waals surface area contributed by atoms with Gasteiger partial charge in [-0.1, -0.05) is 40.5 Å². The Labute approximate surface area is 130 Å². The Morgan fingerprint density at radius 3 is 2.05 bits per heavy atom. The Kier molecular flexibility index (Phi) is 3.73. The van der Waals surface area contributed by atoms with Crippen LogP contribution in [-0.2, 0) is 4.74 Å². The van der Waals surface area contributed by atoms with Crippen LogP contribution >= 0.6 is 0 Å². The maximum Gasteiger partial charge on any atom is 0.0687 e. The largest absolute Gasteiger partial charge is 0.390 e. The molecular weight excluding hydrogens is 260 g/mol. The summed E-state index contributed by atoms with van der Waals surface area (Å²) in [6, 6.07) is 0. The van der Waals surface area contributed by atoms with Crippen LogP contribution in [0.3, 0.4) is 0 Å². The van der Waals surface area contributed by atoms with E-state index in [9.17, 15) is 5.11 Å². The van der Waals surface area contributed by atoms with Crippen LogP contribution in [0.15, 0.2) is 0 Å². The molecule has 0 amide bonds. The van der Waals surface area contributed by atoms with Crippen LogP contribution in [0.1, 0.15) is 85.5 Å². The van der Waals surface area contributed by atoms with Crippen LogP contribution in [0.5, 0.6) is 0 Å². The van der Waals surface area contributed by atoms with Gasteiger partial charge in [-0.05, 0) is 61.7 Å². The molecule has 2 heteroatoms. The molecule has 1 unspecified atom stereocenters. The van der Waals surface area contributed by atoms with Crippen LogP contribution in [0.2, 0.25) is 0 Å². The van der Waals surface area contributed by atoms with E-state index in [1.165, 1.54) is 32.1 Å². The van der Waals surface area contributed by atoms with Gasteiger partial charge in [0.05, 0.1) is 11.2 Å². The standard InChI is InChI=1S/C19H34O2/c1-16(2)12-17(3,4)14-19(20,13-16)15-7-10-21-18(11-15)8-5-6-9-18/h15,20H,5-14H2,1-4H3. The number of hydrogen-bond acceptors (Lipinski definition) is 2. The smallest absolute Gasteiger partial charge is 0.0687 e. The van der Waals surface area contributed by atoms with Crippen molar-refractivity contribution in [1.82, 2.24) is 0 Å². The van der Waals surface area contributed by atoms with Crippen molar-refractivity contribution in [2.24, 2.45) is 16.7 Å². The summed E-state index contributed by atoms with van der Waals surface area (Å²) in [5.41, 5.74) is 0.129. The van der Waals surface area contributed by atoms with Crippen LogP contribution in [0.25, 0.3) is 0 Å². The first-order valence-electron chi connectivity index (χ1n) is 9.00. The molecular formula is C19H34O2. The first kappa shape index (κ1) is 15.8. The Morgan fingerprint density at radius 1 is 0.905 bits per heavy atom. The second kappa shape index (κ2) is 4.96. The van der Waals surface area contributed by atoms with Crippen molar-refractivity contribution in [2.45, 2.75) is 96.7 Å². The molecule has 0 radical (unpaired) electrons. The molecule has 0 aromatic carbocycles. The van der Waals surface area contributed by atoms with Gasteiger partial charge in [0, 0.05) is 6.61 Å². The Balaban J connectivity index is 1.80. The number of aliphatic hydroxyl groups is 1. The molecule has 2 saturated carbocycles. The predicted octanol–water partition coefficient (Wildman–Crippen LogP) is 4.69. The molecule has 1 aliphatic heterocycles. The van der Waals surface area contributed by atoms with E-state index in [0.29, 0.717) is 5.92 Å². The lowest BCUT2D eigenvalue weighted by Gasteiger charge is -2.55. The van der Waals surface area contributed by atoms with Gasteiger partial charge in [0.1, 0.15) is 0 Å². The monoisotopic (exact) mass is 294 g/mol. The van der Waals surface area contributed by atoms with Crippen molar-refractivity contribution in [3.63, 3.8) is 0 Å². The first-order valence-corrected chi connectivity index (χ1v) is 9.00. The molecule has 0 aromatic heterocycles. The molecule has 3 fully saturated rings. The van der Waals surface area contributed by atoms with Gasteiger partial charge in [0.15, 0.2) is 0 Å². The summed E-state index contributed by atoms with van der Waals surface area (Å²) in [7, 11) is 0. The van der Waals surface area contributed by atoms with E-state index in [1.807, 2.05) is 0 Å². The molecule has 2 aliphatic carbocycles. The van der Waals surface area contributed by atoms with Gasteiger partial charge in [0.2, 0.25) is 0 Å². The highest BCUT2D eigenvalue weighted by molar-refractivity contribution is 5.04. The third kappa shape index (κ3) is 3.17. The third-order valence-electron chi connectivity index (χ3n) is 6.29. The zero-order chi connectivity index (χ0) is 15.4. The van der Waals surface area contributed by atoms with Crippen molar-refractivity contribution >= 4 is 0 Å². The molecule has 0 aromatic rings. The number of rotatable bonds is 1. The summed E-state index contributed by atoms with van der Waals surface area (Å²) in [5.74, 6) is 0.434. The van der Waals surface area contributed by atoms with Crippen LogP contribution < -0.4 is 0 Å². The van der Waals surface area contributed by atoms with Crippen molar-refractivity contribution < 1.29 is 9.84 Å². The van der Waals surface area contributed by atoms with E-state index in [-0.39, 0.29) is 16.4 Å². The summed E-state index contributed by atoms with van der Waals surface area (Å²) in [4.78, 5) is 0. The molecule has 2 nitrogen and oxygen atoms in total. The molecule has 3 aliphatic rings. The van der Waals surface area contributed by atoms with Crippen molar-refractivity contribution in [3.05, 3.63) is 0 Å². The molecule has 1 spiro atoms. The van der Waals surface area contributed by atoms with E-state index in [0.717, 1.165) is 32.3 Å². The summed E-state index contributed by atoms with van der Waals surface area (Å²) >= 11 is 0. The molecule has 1 atom stereocenters. The summed E-state index contributed by atoms with van der Waals surface area (Å²) in [6.07, 6.45) is 10.3. The second-order valence-electron chi connectivity index (χ2n) is 9.89. The van der Waals surface area contributed by atoms with E-state index in [1.54, 1.807) is 0 Å². The second-order valence-corrected chi connectivity index (χ2v) is 9.89. The molecule has 3 rings (SSSR count). The molecule has 1 heterocycles.